The number of aliphatic hydroxyl groups is 1. The van der Waals surface area contributed by atoms with Gasteiger partial charge in [-0.3, -0.25) is 10.8 Å². The van der Waals surface area contributed by atoms with Gasteiger partial charge < -0.3 is 10.0 Å². The Morgan fingerprint density at radius 1 is 1.56 bits per heavy atom. The Morgan fingerprint density at radius 3 is 2.72 bits per heavy atom. The molecule has 0 atom stereocenters. The first-order valence-electron chi connectivity index (χ1n) is 5.76. The Hall–Kier alpha value is -1.20. The molecule has 3 N–H and O–H groups in total. The van der Waals surface area contributed by atoms with Crippen molar-refractivity contribution in [1.82, 2.24) is 4.90 Å². The van der Waals surface area contributed by atoms with Gasteiger partial charge in [0.15, 0.2) is 0 Å². The molecule has 0 radical (unpaired) electrons. The molecule has 18 heavy (non-hydrogen) atoms. The molecule has 0 amide bonds. The van der Waals surface area contributed by atoms with E-state index in [1.165, 1.54) is 4.90 Å². The topological polar surface area (TPSA) is 71.2 Å². The second-order valence-corrected chi connectivity index (χ2v) is 5.66. The van der Waals surface area contributed by atoms with Crippen LogP contribution in [-0.2, 0) is 5.41 Å². The third kappa shape index (κ3) is 2.08. The predicted molar refractivity (Wildman–Crippen MR) is 75.3 cm³/mol. The third-order valence-corrected chi connectivity index (χ3v) is 4.04. The van der Waals surface area contributed by atoms with E-state index in [1.54, 1.807) is 7.05 Å². The molecule has 0 saturated heterocycles. The summed E-state index contributed by atoms with van der Waals surface area (Å²) in [4.78, 5) is 1.49. The molecule has 1 aliphatic carbocycles. The lowest BCUT2D eigenvalue weighted by Crippen LogP contribution is -2.54. The second kappa shape index (κ2) is 4.82. The van der Waals surface area contributed by atoms with Gasteiger partial charge >= 0.3 is 0 Å². The SMILES string of the molecule is CN(C=N)C(=N)[C@]1(c2cccc(Br)c2)C[C@H](O)C1. The van der Waals surface area contributed by atoms with Gasteiger partial charge in [0.05, 0.1) is 17.9 Å². The van der Waals surface area contributed by atoms with E-state index in [-0.39, 0.29) is 6.10 Å². The zero-order valence-electron chi connectivity index (χ0n) is 10.2. The van der Waals surface area contributed by atoms with Crippen LogP contribution in [0, 0.1) is 10.8 Å². The Kier molecular flexibility index (Phi) is 3.54. The number of nitrogens with zero attached hydrogens (tertiary/aromatic N) is 1. The number of likely N-dealkylation sites (N-methyl/N-ethyl adjacent to an activating group) is 1. The largest absolute Gasteiger partial charge is 0.393 e. The van der Waals surface area contributed by atoms with Crippen molar-refractivity contribution in [3.8, 4) is 0 Å². The molecule has 0 spiro atoms. The molecular weight excluding hydrogens is 294 g/mol. The minimum absolute atomic E-state index is 0.358. The minimum Gasteiger partial charge on any atom is -0.393 e. The van der Waals surface area contributed by atoms with Crippen molar-refractivity contribution in [3.05, 3.63) is 34.3 Å². The average Bonchev–Trinajstić information content (AvgIpc) is 2.32. The summed E-state index contributed by atoms with van der Waals surface area (Å²) in [5.41, 5.74) is 0.552. The molecule has 1 saturated carbocycles. The molecule has 2 rings (SSSR count). The van der Waals surface area contributed by atoms with Crippen LogP contribution in [0.4, 0.5) is 0 Å². The summed E-state index contributed by atoms with van der Waals surface area (Å²) < 4.78 is 0.964. The van der Waals surface area contributed by atoms with Gasteiger partial charge in [-0.25, -0.2) is 0 Å². The van der Waals surface area contributed by atoms with E-state index in [2.05, 4.69) is 15.9 Å². The van der Waals surface area contributed by atoms with Gasteiger partial charge in [-0.2, -0.15) is 0 Å². The van der Waals surface area contributed by atoms with Crippen LogP contribution in [0.25, 0.3) is 0 Å². The highest BCUT2D eigenvalue weighted by Crippen LogP contribution is 2.45. The normalized spacial score (nSPS) is 26.3. The van der Waals surface area contributed by atoms with Crippen LogP contribution < -0.4 is 0 Å². The first-order chi connectivity index (χ1) is 8.49. The molecule has 0 aliphatic heterocycles. The highest BCUT2D eigenvalue weighted by atomic mass is 79.9. The van der Waals surface area contributed by atoms with Gasteiger partial charge in [-0.15, -0.1) is 0 Å². The summed E-state index contributed by atoms with van der Waals surface area (Å²) in [5, 5.41) is 25.1. The molecule has 1 aliphatic rings. The lowest BCUT2D eigenvalue weighted by atomic mass is 9.61. The van der Waals surface area contributed by atoms with Gasteiger partial charge in [0.25, 0.3) is 0 Å². The number of benzene rings is 1. The quantitative estimate of drug-likeness (QED) is 0.592. The number of rotatable bonds is 3. The Morgan fingerprint density at radius 2 is 2.22 bits per heavy atom. The van der Waals surface area contributed by atoms with E-state index >= 15 is 0 Å². The number of nitrogens with one attached hydrogen (secondary N) is 2. The maximum Gasteiger partial charge on any atom is 0.112 e. The Labute approximate surface area is 115 Å². The van der Waals surface area contributed by atoms with Crippen LogP contribution in [0.15, 0.2) is 28.7 Å². The van der Waals surface area contributed by atoms with E-state index in [4.69, 9.17) is 10.8 Å². The summed E-state index contributed by atoms with van der Waals surface area (Å²) in [7, 11) is 1.69. The molecule has 4 nitrogen and oxygen atoms in total. The molecular formula is C13H16BrN3O. The number of hydrogen-bond donors (Lipinski definition) is 3. The molecule has 5 heteroatoms. The summed E-state index contributed by atoms with van der Waals surface area (Å²) in [6.07, 6.45) is 1.86. The van der Waals surface area contributed by atoms with E-state index in [1.807, 2.05) is 24.3 Å². The van der Waals surface area contributed by atoms with Crippen LogP contribution in [0.5, 0.6) is 0 Å². The summed E-state index contributed by atoms with van der Waals surface area (Å²) in [6, 6.07) is 7.83. The van der Waals surface area contributed by atoms with Crippen LogP contribution in [0.3, 0.4) is 0 Å². The summed E-state index contributed by atoms with van der Waals surface area (Å²) in [5.74, 6) is 0.362. The molecule has 1 aromatic carbocycles. The molecule has 0 heterocycles. The molecule has 96 valence electrons. The fraction of sp³-hybridized carbons (Fsp3) is 0.385. The molecule has 0 unspecified atom stereocenters. The van der Waals surface area contributed by atoms with Gasteiger partial charge in [-0.05, 0) is 30.5 Å². The van der Waals surface area contributed by atoms with Crippen molar-refractivity contribution in [2.75, 3.05) is 7.05 Å². The van der Waals surface area contributed by atoms with E-state index in [0.717, 1.165) is 16.4 Å². The number of amidine groups is 1. The number of aliphatic hydroxyl groups excluding tert-OH is 1. The zero-order valence-corrected chi connectivity index (χ0v) is 11.7. The van der Waals surface area contributed by atoms with Gasteiger partial charge in [0, 0.05) is 11.5 Å². The minimum atomic E-state index is -0.463. The molecule has 0 aromatic heterocycles. The number of halogens is 1. The van der Waals surface area contributed by atoms with Gasteiger partial charge in [0.1, 0.15) is 5.84 Å². The van der Waals surface area contributed by atoms with Crippen molar-refractivity contribution < 1.29 is 5.11 Å². The summed E-state index contributed by atoms with van der Waals surface area (Å²) >= 11 is 3.43. The third-order valence-electron chi connectivity index (χ3n) is 3.55. The van der Waals surface area contributed by atoms with Crippen molar-refractivity contribution in [1.29, 1.82) is 10.8 Å². The molecule has 0 bridgehead atoms. The summed E-state index contributed by atoms with van der Waals surface area (Å²) in [6.45, 7) is 0. The van der Waals surface area contributed by atoms with Crippen molar-refractivity contribution in [2.24, 2.45) is 0 Å². The first-order valence-corrected chi connectivity index (χ1v) is 6.55. The Balaban J connectivity index is 2.39. The van der Waals surface area contributed by atoms with Crippen molar-refractivity contribution in [2.45, 2.75) is 24.4 Å². The maximum absolute atomic E-state index is 9.63. The number of hydrogen-bond acceptors (Lipinski definition) is 3. The zero-order chi connectivity index (χ0) is 13.3. The smallest absolute Gasteiger partial charge is 0.112 e. The monoisotopic (exact) mass is 309 g/mol. The van der Waals surface area contributed by atoms with Crippen LogP contribution in [0.2, 0.25) is 0 Å². The van der Waals surface area contributed by atoms with Crippen LogP contribution >= 0.6 is 15.9 Å². The molecule has 1 fully saturated rings. The van der Waals surface area contributed by atoms with Crippen LogP contribution in [-0.4, -0.2) is 35.3 Å². The molecule has 1 aromatic rings. The average molecular weight is 310 g/mol. The highest BCUT2D eigenvalue weighted by Gasteiger charge is 2.49. The van der Waals surface area contributed by atoms with E-state index in [0.29, 0.717) is 18.7 Å². The standard InChI is InChI=1S/C13H16BrN3O/c1-17(8-15)12(16)13(6-11(18)7-13)9-3-2-4-10(14)5-9/h2-5,8,11,15-16,18H,6-7H2,1H3/t11-,13+. The maximum atomic E-state index is 9.63. The van der Waals surface area contributed by atoms with Crippen molar-refractivity contribution in [3.63, 3.8) is 0 Å². The Bertz CT molecular complexity index is 483. The lowest BCUT2D eigenvalue weighted by Gasteiger charge is -2.47. The van der Waals surface area contributed by atoms with Crippen LogP contribution in [0.1, 0.15) is 18.4 Å². The first kappa shape index (κ1) is 13.2. The van der Waals surface area contributed by atoms with E-state index in [9.17, 15) is 5.11 Å². The fourth-order valence-corrected chi connectivity index (χ4v) is 2.90. The fourth-order valence-electron chi connectivity index (χ4n) is 2.50. The van der Waals surface area contributed by atoms with E-state index < -0.39 is 5.41 Å². The van der Waals surface area contributed by atoms with Crippen molar-refractivity contribution >= 4 is 28.1 Å². The highest BCUT2D eigenvalue weighted by molar-refractivity contribution is 9.10. The van der Waals surface area contributed by atoms with Gasteiger partial charge in [0.2, 0.25) is 0 Å². The van der Waals surface area contributed by atoms with Gasteiger partial charge in [-0.1, -0.05) is 28.1 Å². The predicted octanol–water partition coefficient (Wildman–Crippen LogP) is 2.36. The lowest BCUT2D eigenvalue weighted by molar-refractivity contribution is 0.0464. The second-order valence-electron chi connectivity index (χ2n) is 4.74.